The fourth-order valence-electron chi connectivity index (χ4n) is 2.13. The molecule has 2 heteroatoms. The average Bonchev–Trinajstić information content (AvgIpc) is 2.36. The number of benzene rings is 1. The van der Waals surface area contributed by atoms with Crippen molar-refractivity contribution < 1.29 is 5.11 Å². The Labute approximate surface area is 118 Å². The molecule has 0 aliphatic heterocycles. The Kier molecular flexibility index (Phi) is 5.57. The minimum absolute atomic E-state index is 0.0652. The van der Waals surface area contributed by atoms with E-state index < -0.39 is 6.10 Å². The number of aliphatic hydroxyl groups is 1. The van der Waals surface area contributed by atoms with Gasteiger partial charge in [-0.05, 0) is 36.8 Å². The second-order valence-electron chi connectivity index (χ2n) is 6.58. The normalized spacial score (nSPS) is 17.0. The van der Waals surface area contributed by atoms with Crippen LogP contribution in [0.1, 0.15) is 65.2 Å². The van der Waals surface area contributed by atoms with Crippen molar-refractivity contribution in [3.63, 3.8) is 0 Å². The van der Waals surface area contributed by atoms with Crippen LogP contribution >= 0.6 is 0 Å². The van der Waals surface area contributed by atoms with E-state index in [0.717, 1.165) is 12.0 Å². The summed E-state index contributed by atoms with van der Waals surface area (Å²) < 4.78 is 0. The van der Waals surface area contributed by atoms with Gasteiger partial charge in [0.25, 0.3) is 0 Å². The van der Waals surface area contributed by atoms with Gasteiger partial charge in [0.05, 0.1) is 6.10 Å². The third-order valence-electron chi connectivity index (χ3n) is 3.75. The smallest absolute Gasteiger partial charge is 0.0940 e. The van der Waals surface area contributed by atoms with Crippen molar-refractivity contribution >= 4 is 0 Å². The van der Waals surface area contributed by atoms with Crippen molar-refractivity contribution in [2.75, 3.05) is 0 Å². The first kappa shape index (κ1) is 16.2. The lowest BCUT2D eigenvalue weighted by Crippen LogP contribution is -2.38. The monoisotopic (exact) mass is 263 g/mol. The zero-order valence-corrected chi connectivity index (χ0v) is 13.2. The van der Waals surface area contributed by atoms with Gasteiger partial charge in [0.1, 0.15) is 0 Å². The van der Waals surface area contributed by atoms with Crippen molar-refractivity contribution in [3.05, 3.63) is 35.4 Å². The van der Waals surface area contributed by atoms with Crippen LogP contribution in [0.3, 0.4) is 0 Å². The van der Waals surface area contributed by atoms with Crippen LogP contribution in [0, 0.1) is 0 Å². The number of hydrogen-bond donors (Lipinski definition) is 2. The molecule has 0 spiro atoms. The van der Waals surface area contributed by atoms with E-state index in [4.69, 9.17) is 0 Å². The van der Waals surface area contributed by atoms with Crippen LogP contribution in [-0.2, 0) is 5.41 Å². The molecule has 2 N–H and O–H groups in total. The molecule has 108 valence electrons. The molecule has 2 nitrogen and oxygen atoms in total. The third-order valence-corrected chi connectivity index (χ3v) is 3.75. The molecule has 0 aliphatic rings. The minimum Gasteiger partial charge on any atom is -0.387 e. The maximum Gasteiger partial charge on any atom is 0.0940 e. The van der Waals surface area contributed by atoms with E-state index in [0.29, 0.717) is 6.04 Å². The largest absolute Gasteiger partial charge is 0.387 e. The van der Waals surface area contributed by atoms with Crippen molar-refractivity contribution in [1.29, 1.82) is 0 Å². The lowest BCUT2D eigenvalue weighted by Gasteiger charge is -2.25. The van der Waals surface area contributed by atoms with Crippen molar-refractivity contribution in [1.82, 2.24) is 5.32 Å². The van der Waals surface area contributed by atoms with Gasteiger partial charge in [0, 0.05) is 12.1 Å². The predicted octanol–water partition coefficient (Wildman–Crippen LogP) is 3.79. The van der Waals surface area contributed by atoms with E-state index in [1.807, 2.05) is 19.1 Å². The molecule has 0 radical (unpaired) electrons. The molecule has 1 rings (SSSR count). The third kappa shape index (κ3) is 4.63. The first-order valence-corrected chi connectivity index (χ1v) is 7.30. The summed E-state index contributed by atoms with van der Waals surface area (Å²) in [5, 5.41) is 13.8. The van der Waals surface area contributed by atoms with Gasteiger partial charge >= 0.3 is 0 Å². The Morgan fingerprint density at radius 3 is 2.05 bits per heavy atom. The van der Waals surface area contributed by atoms with Gasteiger partial charge in [0.2, 0.25) is 0 Å². The topological polar surface area (TPSA) is 32.3 Å². The van der Waals surface area contributed by atoms with E-state index in [1.54, 1.807) is 0 Å². The van der Waals surface area contributed by atoms with E-state index in [2.05, 4.69) is 52.1 Å². The number of nitrogens with one attached hydrogen (secondary N) is 1. The van der Waals surface area contributed by atoms with Gasteiger partial charge in [-0.25, -0.2) is 0 Å². The average molecular weight is 263 g/mol. The summed E-state index contributed by atoms with van der Waals surface area (Å²) in [6.45, 7) is 12.9. The summed E-state index contributed by atoms with van der Waals surface area (Å²) in [4.78, 5) is 0. The Bertz CT molecular complexity index is 377. The molecule has 0 aliphatic carbocycles. The minimum atomic E-state index is -0.456. The molecule has 0 amide bonds. The van der Waals surface area contributed by atoms with E-state index >= 15 is 0 Å². The van der Waals surface area contributed by atoms with Crippen LogP contribution in [0.2, 0.25) is 0 Å². The van der Waals surface area contributed by atoms with E-state index in [1.165, 1.54) is 5.56 Å². The highest BCUT2D eigenvalue weighted by atomic mass is 16.3. The summed E-state index contributed by atoms with van der Waals surface area (Å²) in [5.74, 6) is 0. The molecule has 0 heterocycles. The quantitative estimate of drug-likeness (QED) is 0.847. The molecule has 0 bridgehead atoms. The van der Waals surface area contributed by atoms with Gasteiger partial charge in [-0.2, -0.15) is 0 Å². The standard InChI is InChI=1S/C17H29NO/c1-7-12(2)18-13(3)16(19)14-8-10-15(11-9-14)17(4,5)6/h8-13,16,18-19H,7H2,1-6H3. The summed E-state index contributed by atoms with van der Waals surface area (Å²) >= 11 is 0. The highest BCUT2D eigenvalue weighted by Crippen LogP contribution is 2.25. The summed E-state index contributed by atoms with van der Waals surface area (Å²) in [5.41, 5.74) is 2.44. The van der Waals surface area contributed by atoms with Crippen LogP contribution in [0.4, 0.5) is 0 Å². The Balaban J connectivity index is 2.75. The predicted molar refractivity (Wildman–Crippen MR) is 82.5 cm³/mol. The van der Waals surface area contributed by atoms with Crippen molar-refractivity contribution in [2.24, 2.45) is 0 Å². The SMILES string of the molecule is CCC(C)NC(C)C(O)c1ccc(C(C)(C)C)cc1. The van der Waals surface area contributed by atoms with Gasteiger partial charge in [-0.3, -0.25) is 0 Å². The van der Waals surface area contributed by atoms with Crippen LogP contribution < -0.4 is 5.32 Å². The molecule has 0 saturated carbocycles. The van der Waals surface area contributed by atoms with Gasteiger partial charge in [-0.15, -0.1) is 0 Å². The molecule has 0 saturated heterocycles. The van der Waals surface area contributed by atoms with E-state index in [-0.39, 0.29) is 11.5 Å². The molecule has 3 atom stereocenters. The van der Waals surface area contributed by atoms with Gasteiger partial charge < -0.3 is 10.4 Å². The Morgan fingerprint density at radius 2 is 1.63 bits per heavy atom. The molecule has 19 heavy (non-hydrogen) atoms. The summed E-state index contributed by atoms with van der Waals surface area (Å²) in [6, 6.07) is 8.82. The Hall–Kier alpha value is -0.860. The molecule has 1 aromatic rings. The van der Waals surface area contributed by atoms with Crippen LogP contribution in [0.15, 0.2) is 24.3 Å². The van der Waals surface area contributed by atoms with Gasteiger partial charge in [0.15, 0.2) is 0 Å². The Morgan fingerprint density at radius 1 is 1.11 bits per heavy atom. The summed E-state index contributed by atoms with van der Waals surface area (Å²) in [7, 11) is 0. The number of hydrogen-bond acceptors (Lipinski definition) is 2. The van der Waals surface area contributed by atoms with Crippen molar-refractivity contribution in [3.8, 4) is 0 Å². The van der Waals surface area contributed by atoms with Crippen LogP contribution in [-0.4, -0.2) is 17.2 Å². The molecule has 0 fully saturated rings. The molecule has 1 aromatic carbocycles. The second-order valence-corrected chi connectivity index (χ2v) is 6.58. The molecule has 0 aromatic heterocycles. The number of aliphatic hydroxyl groups excluding tert-OH is 1. The van der Waals surface area contributed by atoms with Crippen molar-refractivity contribution in [2.45, 2.75) is 71.6 Å². The molecule has 3 unspecified atom stereocenters. The second kappa shape index (κ2) is 6.53. The lowest BCUT2D eigenvalue weighted by molar-refractivity contribution is 0.130. The molecular formula is C17H29NO. The summed E-state index contributed by atoms with van der Waals surface area (Å²) in [6.07, 6.45) is 0.614. The van der Waals surface area contributed by atoms with Crippen LogP contribution in [0.5, 0.6) is 0 Å². The number of rotatable bonds is 5. The highest BCUT2D eigenvalue weighted by Gasteiger charge is 2.19. The van der Waals surface area contributed by atoms with E-state index in [9.17, 15) is 5.11 Å². The zero-order chi connectivity index (χ0) is 14.6. The maximum atomic E-state index is 10.4. The molecular weight excluding hydrogens is 234 g/mol. The first-order chi connectivity index (χ1) is 8.75. The zero-order valence-electron chi connectivity index (χ0n) is 13.2. The van der Waals surface area contributed by atoms with Gasteiger partial charge in [-0.1, -0.05) is 52.0 Å². The fraction of sp³-hybridized carbons (Fsp3) is 0.647. The van der Waals surface area contributed by atoms with Crippen LogP contribution in [0.25, 0.3) is 0 Å². The fourth-order valence-corrected chi connectivity index (χ4v) is 2.13. The lowest BCUT2D eigenvalue weighted by atomic mass is 9.86. The first-order valence-electron chi connectivity index (χ1n) is 7.30. The highest BCUT2D eigenvalue weighted by molar-refractivity contribution is 5.29. The maximum absolute atomic E-state index is 10.4.